The minimum atomic E-state index is -3.23. The van der Waals surface area contributed by atoms with Crippen LogP contribution in [0.4, 0.5) is 0 Å². The second-order valence-electron chi connectivity index (χ2n) is 5.80. The van der Waals surface area contributed by atoms with Crippen molar-refractivity contribution < 1.29 is 13.2 Å². The molecule has 1 aromatic carbocycles. The zero-order valence-corrected chi connectivity index (χ0v) is 13.8. The van der Waals surface area contributed by atoms with E-state index in [1.54, 1.807) is 4.90 Å². The fourth-order valence-electron chi connectivity index (χ4n) is 3.21. The van der Waals surface area contributed by atoms with Crippen molar-refractivity contribution >= 4 is 27.5 Å². The van der Waals surface area contributed by atoms with Gasteiger partial charge in [-0.3, -0.25) is 4.79 Å². The highest BCUT2D eigenvalue weighted by Gasteiger charge is 2.35. The van der Waals surface area contributed by atoms with Gasteiger partial charge in [-0.15, -0.1) is 0 Å². The highest BCUT2D eigenvalue weighted by Crippen LogP contribution is 2.32. The highest BCUT2D eigenvalue weighted by molar-refractivity contribution is 7.89. The Morgan fingerprint density at radius 1 is 1.18 bits per heavy atom. The lowest BCUT2D eigenvalue weighted by atomic mass is 10.0. The van der Waals surface area contributed by atoms with Crippen LogP contribution in [0, 0.1) is 0 Å². The van der Waals surface area contributed by atoms with Crippen LogP contribution in [0.1, 0.15) is 30.9 Å². The van der Waals surface area contributed by atoms with Crippen LogP contribution < -0.4 is 0 Å². The van der Waals surface area contributed by atoms with Crippen molar-refractivity contribution in [3.05, 3.63) is 34.9 Å². The summed E-state index contributed by atoms with van der Waals surface area (Å²) in [5.74, 6) is 0.0453. The Labute approximate surface area is 135 Å². The van der Waals surface area contributed by atoms with Crippen molar-refractivity contribution in [3.63, 3.8) is 0 Å². The van der Waals surface area contributed by atoms with Crippen LogP contribution in [-0.2, 0) is 14.8 Å². The van der Waals surface area contributed by atoms with Crippen molar-refractivity contribution in [1.29, 1.82) is 0 Å². The van der Waals surface area contributed by atoms with Gasteiger partial charge in [0.25, 0.3) is 0 Å². The lowest BCUT2D eigenvalue weighted by Gasteiger charge is -2.27. The monoisotopic (exact) mass is 342 g/mol. The highest BCUT2D eigenvalue weighted by atomic mass is 35.5. The number of carbonyl (C=O) groups excluding carboxylic acids is 1. The number of rotatable bonds is 3. The Morgan fingerprint density at radius 3 is 2.55 bits per heavy atom. The third-order valence-electron chi connectivity index (χ3n) is 4.34. The lowest BCUT2D eigenvalue weighted by Crippen LogP contribution is -2.40. The van der Waals surface area contributed by atoms with Crippen molar-refractivity contribution in [2.45, 2.75) is 25.3 Å². The molecule has 0 radical (unpaired) electrons. The van der Waals surface area contributed by atoms with Gasteiger partial charge in [0.2, 0.25) is 15.9 Å². The number of halogens is 1. The molecule has 0 N–H and O–H groups in total. The Hall–Kier alpha value is -1.11. The molecule has 0 saturated carbocycles. The molecule has 1 atom stereocenters. The summed E-state index contributed by atoms with van der Waals surface area (Å²) in [6.07, 6.45) is 2.45. The standard InChI is InChI=1S/C15H19ClN2O3S/c16-13-6-4-12(5-7-13)14-3-1-9-18(14)15(19)11-17-8-2-10-22(17,20)21/h4-7,14H,1-3,8-11H2/t14-/m0/s1. The van der Waals surface area contributed by atoms with Crippen LogP contribution in [-0.4, -0.2) is 48.9 Å². The number of benzene rings is 1. The fourth-order valence-corrected chi connectivity index (χ4v) is 4.80. The van der Waals surface area contributed by atoms with Crippen molar-refractivity contribution in [3.8, 4) is 0 Å². The summed E-state index contributed by atoms with van der Waals surface area (Å²) in [4.78, 5) is 14.3. The Balaban J connectivity index is 1.72. The lowest BCUT2D eigenvalue weighted by molar-refractivity contribution is -0.132. The summed E-state index contributed by atoms with van der Waals surface area (Å²) in [5, 5.41) is 0.669. The maximum Gasteiger partial charge on any atom is 0.238 e. The summed E-state index contributed by atoms with van der Waals surface area (Å²) in [6, 6.07) is 7.54. The number of carbonyl (C=O) groups is 1. The molecule has 0 bridgehead atoms. The van der Waals surface area contributed by atoms with E-state index in [-0.39, 0.29) is 24.2 Å². The van der Waals surface area contributed by atoms with Crippen LogP contribution in [0.3, 0.4) is 0 Å². The molecular formula is C15H19ClN2O3S. The zero-order valence-electron chi connectivity index (χ0n) is 12.2. The Morgan fingerprint density at radius 2 is 1.91 bits per heavy atom. The van der Waals surface area contributed by atoms with E-state index in [0.29, 0.717) is 24.5 Å². The van der Waals surface area contributed by atoms with Gasteiger partial charge in [0.15, 0.2) is 0 Å². The molecule has 5 nitrogen and oxygen atoms in total. The zero-order chi connectivity index (χ0) is 15.7. The molecule has 120 valence electrons. The molecule has 7 heteroatoms. The first-order valence-corrected chi connectivity index (χ1v) is 9.49. The quantitative estimate of drug-likeness (QED) is 0.844. The van der Waals surface area contributed by atoms with E-state index in [1.807, 2.05) is 24.3 Å². The number of hydrogen-bond acceptors (Lipinski definition) is 3. The third kappa shape index (κ3) is 3.14. The molecule has 0 unspecified atom stereocenters. The normalized spacial score (nSPS) is 24.8. The number of hydrogen-bond donors (Lipinski definition) is 0. The molecule has 2 aliphatic rings. The first kappa shape index (κ1) is 15.8. The van der Waals surface area contributed by atoms with Gasteiger partial charge in [0.05, 0.1) is 18.3 Å². The fraction of sp³-hybridized carbons (Fsp3) is 0.533. The largest absolute Gasteiger partial charge is 0.335 e. The van der Waals surface area contributed by atoms with Crippen LogP contribution >= 0.6 is 11.6 Å². The van der Waals surface area contributed by atoms with Crippen molar-refractivity contribution in [1.82, 2.24) is 9.21 Å². The molecular weight excluding hydrogens is 324 g/mol. The van der Waals surface area contributed by atoms with Crippen LogP contribution in [0.25, 0.3) is 0 Å². The molecule has 3 rings (SSSR count). The molecule has 2 saturated heterocycles. The second-order valence-corrected chi connectivity index (χ2v) is 8.32. The Kier molecular flexibility index (Phi) is 4.43. The average molecular weight is 343 g/mol. The summed E-state index contributed by atoms with van der Waals surface area (Å²) in [6.45, 7) is 1.10. The van der Waals surface area contributed by atoms with Gasteiger partial charge in [-0.1, -0.05) is 23.7 Å². The molecule has 0 spiro atoms. The molecule has 1 amide bonds. The molecule has 0 aliphatic carbocycles. The van der Waals surface area contributed by atoms with E-state index in [9.17, 15) is 13.2 Å². The molecule has 22 heavy (non-hydrogen) atoms. The smallest absolute Gasteiger partial charge is 0.238 e. The van der Waals surface area contributed by atoms with Gasteiger partial charge in [0, 0.05) is 18.1 Å². The predicted molar refractivity (Wildman–Crippen MR) is 85.1 cm³/mol. The number of sulfonamides is 1. The van der Waals surface area contributed by atoms with Crippen LogP contribution in [0.5, 0.6) is 0 Å². The summed E-state index contributed by atoms with van der Waals surface area (Å²) < 4.78 is 25.0. The number of likely N-dealkylation sites (tertiary alicyclic amines) is 1. The van der Waals surface area contributed by atoms with E-state index >= 15 is 0 Å². The van der Waals surface area contributed by atoms with Gasteiger partial charge in [-0.2, -0.15) is 4.31 Å². The second kappa shape index (κ2) is 6.18. The average Bonchev–Trinajstić information content (AvgIpc) is 3.07. The van der Waals surface area contributed by atoms with E-state index in [2.05, 4.69) is 0 Å². The minimum absolute atomic E-state index is 0.0232. The van der Waals surface area contributed by atoms with Crippen LogP contribution in [0.15, 0.2) is 24.3 Å². The van der Waals surface area contributed by atoms with E-state index in [0.717, 1.165) is 18.4 Å². The topological polar surface area (TPSA) is 57.7 Å². The predicted octanol–water partition coefficient (Wildman–Crippen LogP) is 2.04. The van der Waals surface area contributed by atoms with Gasteiger partial charge in [-0.05, 0) is 37.0 Å². The summed E-state index contributed by atoms with van der Waals surface area (Å²) in [5.41, 5.74) is 1.06. The van der Waals surface area contributed by atoms with Crippen LogP contribution in [0.2, 0.25) is 5.02 Å². The maximum absolute atomic E-state index is 12.5. The SMILES string of the molecule is O=C(CN1CCCS1(=O)=O)N1CCC[C@H]1c1ccc(Cl)cc1. The first-order chi connectivity index (χ1) is 10.5. The summed E-state index contributed by atoms with van der Waals surface area (Å²) in [7, 11) is -3.23. The maximum atomic E-state index is 12.5. The molecule has 0 aromatic heterocycles. The van der Waals surface area contributed by atoms with Crippen molar-refractivity contribution in [2.75, 3.05) is 25.4 Å². The molecule has 1 aromatic rings. The Bertz CT molecular complexity index is 660. The van der Waals surface area contributed by atoms with Gasteiger partial charge in [-0.25, -0.2) is 8.42 Å². The van der Waals surface area contributed by atoms with E-state index in [4.69, 9.17) is 11.6 Å². The van der Waals surface area contributed by atoms with Gasteiger partial charge in [0.1, 0.15) is 0 Å². The molecule has 2 heterocycles. The molecule has 2 fully saturated rings. The van der Waals surface area contributed by atoms with Gasteiger partial charge >= 0.3 is 0 Å². The molecule has 2 aliphatic heterocycles. The summed E-state index contributed by atoms with van der Waals surface area (Å²) >= 11 is 5.91. The minimum Gasteiger partial charge on any atom is -0.335 e. The number of amides is 1. The van der Waals surface area contributed by atoms with Crippen molar-refractivity contribution in [2.24, 2.45) is 0 Å². The van der Waals surface area contributed by atoms with E-state index < -0.39 is 10.0 Å². The number of nitrogens with zero attached hydrogens (tertiary/aromatic N) is 2. The van der Waals surface area contributed by atoms with Gasteiger partial charge < -0.3 is 4.90 Å². The van der Waals surface area contributed by atoms with E-state index in [1.165, 1.54) is 4.31 Å². The third-order valence-corrected chi connectivity index (χ3v) is 6.50. The first-order valence-electron chi connectivity index (χ1n) is 7.50.